The number of aryl methyl sites for hydroxylation is 1. The van der Waals surface area contributed by atoms with Gasteiger partial charge in [-0.3, -0.25) is 4.90 Å². The summed E-state index contributed by atoms with van der Waals surface area (Å²) in [7, 11) is 3.53. The van der Waals surface area contributed by atoms with Crippen molar-refractivity contribution >= 4 is 0 Å². The van der Waals surface area contributed by atoms with E-state index in [-0.39, 0.29) is 0 Å². The van der Waals surface area contributed by atoms with Crippen molar-refractivity contribution in [3.8, 4) is 28.6 Å². The maximum Gasteiger partial charge on any atom is 0.222 e. The first-order chi connectivity index (χ1) is 16.9. The zero-order chi connectivity index (χ0) is 25.2. The van der Waals surface area contributed by atoms with Gasteiger partial charge in [0.2, 0.25) is 5.88 Å². The van der Waals surface area contributed by atoms with Gasteiger partial charge in [0.05, 0.1) is 25.4 Å². The molecule has 0 spiro atoms. The van der Waals surface area contributed by atoms with E-state index in [9.17, 15) is 5.11 Å². The Morgan fingerprint density at radius 2 is 1.77 bits per heavy atom. The summed E-state index contributed by atoms with van der Waals surface area (Å²) in [5.41, 5.74) is 2.87. The summed E-state index contributed by atoms with van der Waals surface area (Å²) in [5, 5.41) is 15.5. The second-order valence-electron chi connectivity index (χ2n) is 9.22. The van der Waals surface area contributed by atoms with Crippen LogP contribution < -0.4 is 9.47 Å². The fourth-order valence-corrected chi connectivity index (χ4v) is 3.99. The van der Waals surface area contributed by atoms with Crippen molar-refractivity contribution in [1.82, 2.24) is 14.7 Å². The van der Waals surface area contributed by atoms with E-state index in [1.807, 2.05) is 49.5 Å². The number of benzene rings is 2. The van der Waals surface area contributed by atoms with Gasteiger partial charge in [0, 0.05) is 38.4 Å². The van der Waals surface area contributed by atoms with Crippen LogP contribution in [0.2, 0.25) is 0 Å². The molecule has 1 N–H and O–H groups in total. The number of nitrogens with zero attached hydrogens (tertiary/aromatic N) is 3. The fourth-order valence-electron chi connectivity index (χ4n) is 3.99. The predicted octanol–water partition coefficient (Wildman–Crippen LogP) is 5.13. The highest BCUT2D eigenvalue weighted by molar-refractivity contribution is 5.65. The van der Waals surface area contributed by atoms with Gasteiger partial charge in [0.25, 0.3) is 0 Å². The number of aliphatic hydroxyl groups excluding tert-OH is 1. The second-order valence-corrected chi connectivity index (χ2v) is 9.22. The number of methoxy groups -OCH3 is 1. The first-order valence-electron chi connectivity index (χ1n) is 12.3. The Bertz CT molecular complexity index is 1040. The lowest BCUT2D eigenvalue weighted by molar-refractivity contribution is 0.00685. The summed E-state index contributed by atoms with van der Waals surface area (Å²) < 4.78 is 19.2. The molecule has 0 bridgehead atoms. The average Bonchev–Trinajstić information content (AvgIpc) is 3.14. The SMILES string of the molecule is CCCN(Cc1c(-c2ccccc2)nn(C)c1Oc1cccc(OC)c1)C[C@H](O)COCC(C)C. The summed E-state index contributed by atoms with van der Waals surface area (Å²) >= 11 is 0. The molecule has 0 amide bonds. The van der Waals surface area contributed by atoms with Crippen LogP contribution in [0.4, 0.5) is 0 Å². The molecule has 0 aliphatic rings. The molecule has 0 unspecified atom stereocenters. The first-order valence-corrected chi connectivity index (χ1v) is 12.3. The molecular formula is C28H39N3O4. The molecular weight excluding hydrogens is 442 g/mol. The van der Waals surface area contributed by atoms with Gasteiger partial charge in [-0.05, 0) is 31.0 Å². The summed E-state index contributed by atoms with van der Waals surface area (Å²) in [6.07, 6.45) is 0.395. The number of aromatic nitrogens is 2. The zero-order valence-electron chi connectivity index (χ0n) is 21.6. The third-order valence-electron chi connectivity index (χ3n) is 5.54. The molecule has 35 heavy (non-hydrogen) atoms. The maximum absolute atomic E-state index is 10.7. The minimum Gasteiger partial charge on any atom is -0.497 e. The molecule has 3 rings (SSSR count). The molecule has 0 aliphatic carbocycles. The lowest BCUT2D eigenvalue weighted by Crippen LogP contribution is -2.35. The average molecular weight is 482 g/mol. The van der Waals surface area contributed by atoms with E-state index in [4.69, 9.17) is 19.3 Å². The van der Waals surface area contributed by atoms with Gasteiger partial charge in [0.1, 0.15) is 17.2 Å². The molecule has 0 saturated carbocycles. The van der Waals surface area contributed by atoms with Gasteiger partial charge in [-0.25, -0.2) is 4.68 Å². The first kappa shape index (κ1) is 26.7. The van der Waals surface area contributed by atoms with Crippen LogP contribution in [0.5, 0.6) is 17.4 Å². The van der Waals surface area contributed by atoms with E-state index in [2.05, 4.69) is 37.8 Å². The molecule has 1 heterocycles. The quantitative estimate of drug-likeness (QED) is 0.344. The van der Waals surface area contributed by atoms with Crippen LogP contribution >= 0.6 is 0 Å². The van der Waals surface area contributed by atoms with E-state index >= 15 is 0 Å². The van der Waals surface area contributed by atoms with Gasteiger partial charge in [-0.1, -0.05) is 57.2 Å². The molecule has 1 aromatic heterocycles. The summed E-state index contributed by atoms with van der Waals surface area (Å²) in [4.78, 5) is 2.24. The number of hydrogen-bond donors (Lipinski definition) is 1. The summed E-state index contributed by atoms with van der Waals surface area (Å²) in [6.45, 7) is 9.25. The van der Waals surface area contributed by atoms with E-state index in [1.54, 1.807) is 11.8 Å². The number of rotatable bonds is 14. The Kier molecular flexibility index (Phi) is 10.1. The Balaban J connectivity index is 1.90. The zero-order valence-corrected chi connectivity index (χ0v) is 21.6. The van der Waals surface area contributed by atoms with Crippen LogP contribution in [0.25, 0.3) is 11.3 Å². The standard InChI is InChI=1S/C28H39N3O4/c1-6-15-31(17-23(32)20-34-19-21(2)3)18-26-27(22-11-8-7-9-12-22)29-30(4)28(26)35-25-14-10-13-24(16-25)33-5/h7-14,16,21,23,32H,6,15,17-20H2,1-5H3/t23-/m0/s1. The molecule has 2 aromatic carbocycles. The fraction of sp³-hybridized carbons (Fsp3) is 0.464. The highest BCUT2D eigenvalue weighted by atomic mass is 16.5. The van der Waals surface area contributed by atoms with Crippen LogP contribution in [0.1, 0.15) is 32.8 Å². The number of aliphatic hydroxyl groups is 1. The van der Waals surface area contributed by atoms with Crippen molar-refractivity contribution in [2.45, 2.75) is 39.8 Å². The third kappa shape index (κ3) is 7.82. The van der Waals surface area contributed by atoms with Crippen molar-refractivity contribution in [2.24, 2.45) is 13.0 Å². The highest BCUT2D eigenvalue weighted by Gasteiger charge is 2.23. The molecule has 7 heteroatoms. The number of ether oxygens (including phenoxy) is 3. The van der Waals surface area contributed by atoms with Crippen LogP contribution in [0.15, 0.2) is 54.6 Å². The topological polar surface area (TPSA) is 69.0 Å². The van der Waals surface area contributed by atoms with Crippen LogP contribution in [0, 0.1) is 5.92 Å². The van der Waals surface area contributed by atoms with Crippen molar-refractivity contribution in [3.05, 3.63) is 60.2 Å². The summed E-state index contributed by atoms with van der Waals surface area (Å²) in [6, 6.07) is 17.7. The van der Waals surface area contributed by atoms with Crippen molar-refractivity contribution in [2.75, 3.05) is 33.4 Å². The van der Waals surface area contributed by atoms with Crippen molar-refractivity contribution in [1.29, 1.82) is 0 Å². The molecule has 1 atom stereocenters. The molecule has 0 radical (unpaired) electrons. The van der Waals surface area contributed by atoms with Gasteiger partial charge in [-0.15, -0.1) is 0 Å². The lowest BCUT2D eigenvalue weighted by Gasteiger charge is -2.25. The van der Waals surface area contributed by atoms with Crippen LogP contribution in [-0.4, -0.2) is 59.3 Å². The van der Waals surface area contributed by atoms with E-state index < -0.39 is 6.10 Å². The van der Waals surface area contributed by atoms with Crippen LogP contribution in [-0.2, 0) is 18.3 Å². The Hall–Kier alpha value is -2.87. The Morgan fingerprint density at radius 1 is 1.03 bits per heavy atom. The molecule has 0 aliphatic heterocycles. The van der Waals surface area contributed by atoms with Gasteiger partial charge < -0.3 is 19.3 Å². The number of hydrogen-bond acceptors (Lipinski definition) is 6. The van der Waals surface area contributed by atoms with Crippen LogP contribution in [0.3, 0.4) is 0 Å². The highest BCUT2D eigenvalue weighted by Crippen LogP contribution is 2.35. The lowest BCUT2D eigenvalue weighted by atomic mass is 10.1. The Labute approximate surface area is 209 Å². The molecule has 0 saturated heterocycles. The third-order valence-corrected chi connectivity index (χ3v) is 5.54. The molecule has 190 valence electrons. The maximum atomic E-state index is 10.7. The van der Waals surface area contributed by atoms with Gasteiger partial charge in [0.15, 0.2) is 0 Å². The second kappa shape index (κ2) is 13.3. The smallest absolute Gasteiger partial charge is 0.222 e. The van der Waals surface area contributed by atoms with Crippen molar-refractivity contribution < 1.29 is 19.3 Å². The van der Waals surface area contributed by atoms with Crippen molar-refractivity contribution in [3.63, 3.8) is 0 Å². The molecule has 0 fully saturated rings. The van der Waals surface area contributed by atoms with E-state index in [0.717, 1.165) is 35.5 Å². The molecule has 7 nitrogen and oxygen atoms in total. The molecule has 3 aromatic rings. The van der Waals surface area contributed by atoms with Gasteiger partial charge in [-0.2, -0.15) is 5.10 Å². The normalized spacial score (nSPS) is 12.3. The Morgan fingerprint density at radius 3 is 2.46 bits per heavy atom. The van der Waals surface area contributed by atoms with Gasteiger partial charge >= 0.3 is 0 Å². The predicted molar refractivity (Wildman–Crippen MR) is 139 cm³/mol. The summed E-state index contributed by atoms with van der Waals surface area (Å²) in [5.74, 6) is 2.52. The minimum atomic E-state index is -0.570. The minimum absolute atomic E-state index is 0.324. The largest absolute Gasteiger partial charge is 0.497 e. The van der Waals surface area contributed by atoms with E-state index in [0.29, 0.717) is 43.9 Å². The van der Waals surface area contributed by atoms with E-state index in [1.165, 1.54) is 0 Å². The monoisotopic (exact) mass is 481 g/mol.